The molecule has 0 spiro atoms. The molecule has 3 heterocycles. The molecule has 140 valence electrons. The first-order chi connectivity index (χ1) is 13.6. The van der Waals surface area contributed by atoms with E-state index in [4.69, 9.17) is 0 Å². The second kappa shape index (κ2) is 7.12. The van der Waals surface area contributed by atoms with Crippen LogP contribution in [0.4, 0.5) is 5.82 Å². The smallest absolute Gasteiger partial charge is 0.272 e. The highest BCUT2D eigenvalue weighted by Crippen LogP contribution is 2.25. The quantitative estimate of drug-likeness (QED) is 0.691. The van der Waals surface area contributed by atoms with Gasteiger partial charge in [0.25, 0.3) is 5.91 Å². The lowest BCUT2D eigenvalue weighted by Gasteiger charge is -2.44. The van der Waals surface area contributed by atoms with E-state index in [1.54, 1.807) is 29.9 Å². The van der Waals surface area contributed by atoms with Crippen LogP contribution in [0.1, 0.15) is 16.2 Å². The van der Waals surface area contributed by atoms with E-state index in [0.717, 1.165) is 11.3 Å². The Morgan fingerprint density at radius 1 is 1.21 bits per heavy atom. The number of aryl methyl sites for hydroxylation is 1. The number of rotatable bonds is 4. The van der Waals surface area contributed by atoms with Crippen LogP contribution in [0, 0.1) is 11.3 Å². The molecule has 0 radical (unpaired) electrons. The minimum Gasteiger partial charge on any atom is -0.350 e. The van der Waals surface area contributed by atoms with Gasteiger partial charge in [0, 0.05) is 45.1 Å². The van der Waals surface area contributed by atoms with Gasteiger partial charge in [-0.3, -0.25) is 9.48 Å². The Bertz CT molecular complexity index is 1050. The highest BCUT2D eigenvalue weighted by molar-refractivity contribution is 5.94. The predicted octanol–water partition coefficient (Wildman–Crippen LogP) is 1.71. The zero-order valence-electron chi connectivity index (χ0n) is 15.6. The third-order valence-electron chi connectivity index (χ3n) is 4.98. The van der Waals surface area contributed by atoms with Crippen molar-refractivity contribution in [2.75, 3.05) is 25.0 Å². The minimum atomic E-state index is -0.0820. The Labute approximate surface area is 162 Å². The van der Waals surface area contributed by atoms with E-state index in [1.165, 1.54) is 6.20 Å². The van der Waals surface area contributed by atoms with Crippen molar-refractivity contribution in [2.24, 2.45) is 7.05 Å². The molecule has 1 saturated heterocycles. The Morgan fingerprint density at radius 3 is 2.64 bits per heavy atom. The maximum Gasteiger partial charge on any atom is 0.272 e. The number of nitrogens with zero attached hydrogens (tertiary/aromatic N) is 7. The molecule has 28 heavy (non-hydrogen) atoms. The summed E-state index contributed by atoms with van der Waals surface area (Å²) >= 11 is 0. The number of carbonyl (C=O) groups is 1. The van der Waals surface area contributed by atoms with E-state index < -0.39 is 0 Å². The fourth-order valence-electron chi connectivity index (χ4n) is 3.28. The van der Waals surface area contributed by atoms with Crippen LogP contribution in [0.5, 0.6) is 0 Å². The summed E-state index contributed by atoms with van der Waals surface area (Å²) in [6.45, 7) is 1.22. The van der Waals surface area contributed by atoms with E-state index in [-0.39, 0.29) is 11.9 Å². The molecule has 1 aliphatic heterocycles. The van der Waals surface area contributed by atoms with Gasteiger partial charge in [-0.1, -0.05) is 30.3 Å². The first-order valence-corrected chi connectivity index (χ1v) is 8.91. The van der Waals surface area contributed by atoms with Crippen molar-refractivity contribution in [3.05, 3.63) is 60.2 Å². The van der Waals surface area contributed by atoms with Crippen LogP contribution in [0.3, 0.4) is 0 Å². The molecular formula is C20H19N7O. The summed E-state index contributed by atoms with van der Waals surface area (Å²) in [5.41, 5.74) is 2.58. The molecule has 8 heteroatoms. The SMILES string of the molecule is CN(C(=O)c1cc(-c2ccccc2)nn1C)C1CN(c2nccnc2C#N)C1. The topological polar surface area (TPSA) is 90.9 Å². The number of benzene rings is 1. The van der Waals surface area contributed by atoms with Crippen LogP contribution in [-0.4, -0.2) is 56.7 Å². The van der Waals surface area contributed by atoms with Crippen molar-refractivity contribution in [2.45, 2.75) is 6.04 Å². The lowest BCUT2D eigenvalue weighted by Crippen LogP contribution is -2.60. The Hall–Kier alpha value is -3.73. The normalized spacial score (nSPS) is 13.7. The lowest BCUT2D eigenvalue weighted by atomic mass is 10.1. The summed E-state index contributed by atoms with van der Waals surface area (Å²) in [7, 11) is 3.57. The second-order valence-corrected chi connectivity index (χ2v) is 6.72. The molecule has 1 fully saturated rings. The van der Waals surface area contributed by atoms with Gasteiger partial charge in [0.05, 0.1) is 11.7 Å². The molecular weight excluding hydrogens is 354 g/mol. The highest BCUT2D eigenvalue weighted by atomic mass is 16.2. The van der Waals surface area contributed by atoms with Crippen molar-refractivity contribution in [1.82, 2.24) is 24.6 Å². The number of anilines is 1. The zero-order chi connectivity index (χ0) is 19.7. The van der Waals surface area contributed by atoms with E-state index in [1.807, 2.05) is 41.3 Å². The molecule has 0 atom stereocenters. The average Bonchev–Trinajstić information content (AvgIpc) is 3.09. The molecule has 0 saturated carbocycles. The van der Waals surface area contributed by atoms with Crippen molar-refractivity contribution < 1.29 is 4.79 Å². The van der Waals surface area contributed by atoms with E-state index >= 15 is 0 Å². The number of hydrogen-bond donors (Lipinski definition) is 0. The molecule has 1 amide bonds. The number of carbonyl (C=O) groups excluding carboxylic acids is 1. The van der Waals surface area contributed by atoms with Crippen LogP contribution < -0.4 is 4.90 Å². The molecule has 0 N–H and O–H groups in total. The third kappa shape index (κ3) is 3.07. The number of likely N-dealkylation sites (N-methyl/N-ethyl adjacent to an activating group) is 1. The summed E-state index contributed by atoms with van der Waals surface area (Å²) in [5.74, 6) is 0.482. The average molecular weight is 373 g/mol. The number of hydrogen-bond acceptors (Lipinski definition) is 6. The number of amides is 1. The van der Waals surface area contributed by atoms with Crippen molar-refractivity contribution in [1.29, 1.82) is 5.26 Å². The second-order valence-electron chi connectivity index (χ2n) is 6.72. The van der Waals surface area contributed by atoms with Crippen LogP contribution >= 0.6 is 0 Å². The maximum absolute atomic E-state index is 13.0. The van der Waals surface area contributed by atoms with Gasteiger partial charge in [0.1, 0.15) is 11.8 Å². The fourth-order valence-corrected chi connectivity index (χ4v) is 3.28. The first-order valence-electron chi connectivity index (χ1n) is 8.91. The Kier molecular flexibility index (Phi) is 4.49. The monoisotopic (exact) mass is 373 g/mol. The summed E-state index contributed by atoms with van der Waals surface area (Å²) in [4.78, 5) is 24.9. The van der Waals surface area contributed by atoms with Crippen molar-refractivity contribution >= 4 is 11.7 Å². The molecule has 4 rings (SSSR count). The largest absolute Gasteiger partial charge is 0.350 e. The van der Waals surface area contributed by atoms with Gasteiger partial charge in [-0.05, 0) is 6.07 Å². The zero-order valence-corrected chi connectivity index (χ0v) is 15.6. The molecule has 1 aliphatic rings. The molecule has 1 aromatic carbocycles. The summed E-state index contributed by atoms with van der Waals surface area (Å²) in [6.07, 6.45) is 3.07. The third-order valence-corrected chi connectivity index (χ3v) is 4.98. The number of aromatic nitrogens is 4. The van der Waals surface area contributed by atoms with Crippen LogP contribution in [0.25, 0.3) is 11.3 Å². The molecule has 3 aromatic rings. The van der Waals surface area contributed by atoms with Crippen molar-refractivity contribution in [3.63, 3.8) is 0 Å². The Balaban J connectivity index is 1.47. The highest BCUT2D eigenvalue weighted by Gasteiger charge is 2.35. The standard InChI is InChI=1S/C20H19N7O/c1-25(15-12-27(13-15)19-17(11-21)22-8-9-23-19)20(28)18-10-16(24-26(18)2)14-6-4-3-5-7-14/h3-10,15H,12-13H2,1-2H3. The molecule has 0 unspecified atom stereocenters. The van der Waals surface area contributed by atoms with E-state index in [9.17, 15) is 10.1 Å². The summed E-state index contributed by atoms with van der Waals surface area (Å²) in [6, 6.07) is 13.7. The van der Waals surface area contributed by atoms with Gasteiger partial charge in [0.2, 0.25) is 0 Å². The lowest BCUT2D eigenvalue weighted by molar-refractivity contribution is 0.0694. The summed E-state index contributed by atoms with van der Waals surface area (Å²) < 4.78 is 1.62. The van der Waals surface area contributed by atoms with Gasteiger partial charge in [0.15, 0.2) is 11.5 Å². The van der Waals surface area contributed by atoms with Crippen LogP contribution in [0.2, 0.25) is 0 Å². The minimum absolute atomic E-state index is 0.0381. The van der Waals surface area contributed by atoms with Crippen LogP contribution in [-0.2, 0) is 7.05 Å². The van der Waals surface area contributed by atoms with Gasteiger partial charge in [-0.2, -0.15) is 10.4 Å². The van der Waals surface area contributed by atoms with Gasteiger partial charge < -0.3 is 9.80 Å². The predicted molar refractivity (Wildman–Crippen MR) is 103 cm³/mol. The Morgan fingerprint density at radius 2 is 1.93 bits per heavy atom. The van der Waals surface area contributed by atoms with E-state index in [0.29, 0.717) is 30.3 Å². The van der Waals surface area contributed by atoms with Gasteiger partial charge in [-0.15, -0.1) is 0 Å². The molecule has 8 nitrogen and oxygen atoms in total. The van der Waals surface area contributed by atoms with Gasteiger partial charge >= 0.3 is 0 Å². The molecule has 0 aliphatic carbocycles. The van der Waals surface area contributed by atoms with E-state index in [2.05, 4.69) is 21.1 Å². The molecule has 2 aromatic heterocycles. The van der Waals surface area contributed by atoms with Crippen molar-refractivity contribution in [3.8, 4) is 17.3 Å². The molecule has 0 bridgehead atoms. The summed E-state index contributed by atoms with van der Waals surface area (Å²) in [5, 5.41) is 13.6. The van der Waals surface area contributed by atoms with Gasteiger partial charge in [-0.25, -0.2) is 9.97 Å². The first kappa shape index (κ1) is 17.7. The maximum atomic E-state index is 13.0. The fraction of sp³-hybridized carbons (Fsp3) is 0.250. The van der Waals surface area contributed by atoms with Crippen LogP contribution in [0.15, 0.2) is 48.8 Å². The number of nitriles is 1.